The number of alkyl halides is 3. The van der Waals surface area contributed by atoms with Gasteiger partial charge in [0.05, 0.1) is 22.5 Å². The van der Waals surface area contributed by atoms with Crippen molar-refractivity contribution in [2.75, 3.05) is 31.9 Å². The molecule has 1 aromatic heterocycles. The van der Waals surface area contributed by atoms with Gasteiger partial charge in [-0.1, -0.05) is 36.4 Å². The van der Waals surface area contributed by atoms with Crippen molar-refractivity contribution < 1.29 is 32.6 Å². The fraction of sp³-hybridized carbons (Fsp3) is 0.485. The smallest absolute Gasteiger partial charge is 0.487 e. The number of nitrogen functional groups attached to an aromatic ring is 1. The maximum absolute atomic E-state index is 13.6. The number of pyridine rings is 1. The predicted molar refractivity (Wildman–Crippen MR) is 162 cm³/mol. The monoisotopic (exact) mass is 612 g/mol. The lowest BCUT2D eigenvalue weighted by Crippen LogP contribution is -2.48. The number of rotatable bonds is 3. The van der Waals surface area contributed by atoms with Crippen molar-refractivity contribution in [1.29, 1.82) is 0 Å². The Hall–Kier alpha value is -3.86. The molecule has 3 aliphatic rings. The summed E-state index contributed by atoms with van der Waals surface area (Å²) in [5.74, 6) is -1.60. The topological polar surface area (TPSA) is 109 Å². The Balaban J connectivity index is 0.000000493. The number of nitrogens with two attached hydrogens (primary N) is 1. The Morgan fingerprint density at radius 3 is 2.25 bits per heavy atom. The van der Waals surface area contributed by atoms with Gasteiger partial charge in [0.25, 0.3) is 5.91 Å². The Labute approximate surface area is 255 Å². The third-order valence-corrected chi connectivity index (χ3v) is 9.17. The van der Waals surface area contributed by atoms with E-state index in [1.165, 1.54) is 24.0 Å². The van der Waals surface area contributed by atoms with E-state index in [0.29, 0.717) is 16.7 Å². The first-order valence-corrected chi connectivity index (χ1v) is 14.9. The summed E-state index contributed by atoms with van der Waals surface area (Å²) >= 11 is 0. The van der Waals surface area contributed by atoms with Gasteiger partial charge in [-0.2, -0.15) is 13.2 Å². The van der Waals surface area contributed by atoms with Gasteiger partial charge in [0.2, 0.25) is 0 Å². The normalized spacial score (nSPS) is 19.2. The Morgan fingerprint density at radius 1 is 1.00 bits per heavy atom. The maximum atomic E-state index is 13.6. The van der Waals surface area contributed by atoms with Crippen LogP contribution in [0, 0.1) is 12.3 Å². The zero-order chi connectivity index (χ0) is 31.9. The Morgan fingerprint density at radius 2 is 1.61 bits per heavy atom. The number of benzene rings is 2. The quantitative estimate of drug-likeness (QED) is 0.374. The number of ether oxygens (including phenoxy) is 1. The van der Waals surface area contributed by atoms with Crippen LogP contribution in [0.4, 0.5) is 18.9 Å². The number of aryl methyl sites for hydroxylation is 1. The van der Waals surface area contributed by atoms with E-state index in [0.717, 1.165) is 74.3 Å². The van der Waals surface area contributed by atoms with E-state index in [1.54, 1.807) is 0 Å². The number of amides is 1. The first kappa shape index (κ1) is 31.6. The molecule has 2 fully saturated rings. The number of hydrogen-bond acceptors (Lipinski definition) is 6. The van der Waals surface area contributed by atoms with Gasteiger partial charge >= 0.3 is 12.1 Å². The lowest BCUT2D eigenvalue weighted by Gasteiger charge is -2.47. The maximum Gasteiger partial charge on any atom is 0.490 e. The summed E-state index contributed by atoms with van der Waals surface area (Å²) in [6.07, 6.45) is 0.403. The lowest BCUT2D eigenvalue weighted by atomic mass is 9.71. The number of anilines is 1. The number of nitrogens with zero attached hydrogens (tertiary/aromatic N) is 3. The van der Waals surface area contributed by atoms with Gasteiger partial charge in [-0.3, -0.25) is 14.7 Å². The molecule has 0 bridgehead atoms. The molecule has 0 aliphatic carbocycles. The molecule has 8 nitrogen and oxygen atoms in total. The van der Waals surface area contributed by atoms with E-state index in [-0.39, 0.29) is 11.5 Å². The second-order valence-corrected chi connectivity index (χ2v) is 12.8. The minimum atomic E-state index is -5.08. The molecule has 11 heteroatoms. The van der Waals surface area contributed by atoms with Gasteiger partial charge in [0.1, 0.15) is 11.4 Å². The van der Waals surface area contributed by atoms with Gasteiger partial charge in [-0.15, -0.1) is 0 Å². The van der Waals surface area contributed by atoms with Crippen LogP contribution in [0.1, 0.15) is 66.7 Å². The van der Waals surface area contributed by atoms with Crippen LogP contribution in [-0.4, -0.2) is 69.7 Å². The second-order valence-electron chi connectivity index (χ2n) is 12.8. The number of fused-ring (bicyclic) bond motifs is 2. The van der Waals surface area contributed by atoms with Crippen LogP contribution in [0.5, 0.6) is 5.75 Å². The molecule has 1 amide bonds. The highest BCUT2D eigenvalue weighted by molar-refractivity contribution is 6.10. The second kappa shape index (κ2) is 11.9. The Kier molecular flexibility index (Phi) is 8.54. The molecule has 0 atom stereocenters. The average molecular weight is 613 g/mol. The fourth-order valence-electron chi connectivity index (χ4n) is 6.65. The average Bonchev–Trinajstić information content (AvgIpc) is 3.30. The summed E-state index contributed by atoms with van der Waals surface area (Å²) in [6, 6.07) is 14.4. The number of piperidine rings is 2. The summed E-state index contributed by atoms with van der Waals surface area (Å²) in [5, 5.41) is 7.98. The minimum Gasteiger partial charge on any atom is -0.487 e. The summed E-state index contributed by atoms with van der Waals surface area (Å²) in [5.41, 5.74) is 12.0. The summed E-state index contributed by atoms with van der Waals surface area (Å²) in [6.45, 7) is 11.0. The van der Waals surface area contributed by atoms with Gasteiger partial charge in [-0.05, 0) is 76.6 Å². The number of halogens is 3. The molecular weight excluding hydrogens is 573 g/mol. The molecular formula is C33H39F3N4O4. The van der Waals surface area contributed by atoms with Crippen molar-refractivity contribution >= 4 is 28.5 Å². The molecule has 3 N–H and O–H groups in total. The standard InChI is InChI=1S/C31H38N4O2.C2HF3O2/c1-21-27(32)26(24-9-4-5-10-25(24)33-21)29(36)35-17-13-31(14-18-35)11-15-34(16-12-31)20-23-8-6-7-22-19-30(2,3)37-28(22)23;3-2(4,5)1(6)7/h4-10H,11-20,32H2,1-3H3;(H,6,7). The summed E-state index contributed by atoms with van der Waals surface area (Å²) < 4.78 is 38.0. The van der Waals surface area contributed by atoms with Crippen LogP contribution < -0.4 is 10.5 Å². The highest BCUT2D eigenvalue weighted by Crippen LogP contribution is 2.43. The molecule has 236 valence electrons. The molecule has 0 unspecified atom stereocenters. The van der Waals surface area contributed by atoms with Gasteiger partial charge in [0.15, 0.2) is 0 Å². The predicted octanol–water partition coefficient (Wildman–Crippen LogP) is 5.99. The SMILES string of the molecule is Cc1nc2ccccc2c(C(=O)N2CCC3(CCN(Cc4cccc5c4OC(C)(C)C5)CC3)CC2)c1N.O=C(O)C(F)(F)F. The van der Waals surface area contributed by atoms with Crippen LogP contribution in [0.25, 0.3) is 10.9 Å². The molecule has 3 aliphatic heterocycles. The number of likely N-dealkylation sites (tertiary alicyclic amines) is 2. The largest absolute Gasteiger partial charge is 0.490 e. The molecule has 0 radical (unpaired) electrons. The number of carbonyl (C=O) groups excluding carboxylic acids is 1. The van der Waals surface area contributed by atoms with Crippen molar-refractivity contribution in [3.63, 3.8) is 0 Å². The highest BCUT2D eigenvalue weighted by Gasteiger charge is 2.40. The molecule has 6 rings (SSSR count). The number of aromatic nitrogens is 1. The minimum absolute atomic E-state index is 0.0485. The van der Waals surface area contributed by atoms with Gasteiger partial charge in [0, 0.05) is 37.0 Å². The highest BCUT2D eigenvalue weighted by atomic mass is 19.4. The third kappa shape index (κ3) is 6.62. The van der Waals surface area contributed by atoms with E-state index in [9.17, 15) is 18.0 Å². The molecule has 2 aromatic carbocycles. The van der Waals surface area contributed by atoms with Crippen LogP contribution in [-0.2, 0) is 17.8 Å². The number of carboxylic acid groups (broad SMARTS) is 1. The summed E-state index contributed by atoms with van der Waals surface area (Å²) in [4.78, 5) is 31.7. The fourth-order valence-corrected chi connectivity index (χ4v) is 6.65. The molecule has 4 heterocycles. The van der Waals surface area contributed by atoms with E-state index in [1.807, 2.05) is 36.1 Å². The number of aliphatic carboxylic acids is 1. The number of carbonyl (C=O) groups is 2. The van der Waals surface area contributed by atoms with Crippen LogP contribution in [0.3, 0.4) is 0 Å². The van der Waals surface area contributed by atoms with E-state index >= 15 is 0 Å². The number of carboxylic acids is 1. The zero-order valence-corrected chi connectivity index (χ0v) is 25.3. The van der Waals surface area contributed by atoms with Crippen LogP contribution in [0.15, 0.2) is 42.5 Å². The van der Waals surface area contributed by atoms with Gasteiger partial charge < -0.3 is 20.5 Å². The first-order chi connectivity index (χ1) is 20.7. The lowest BCUT2D eigenvalue weighted by molar-refractivity contribution is -0.192. The van der Waals surface area contributed by atoms with E-state index in [4.69, 9.17) is 20.4 Å². The third-order valence-electron chi connectivity index (χ3n) is 9.17. The van der Waals surface area contributed by atoms with Crippen molar-refractivity contribution in [1.82, 2.24) is 14.8 Å². The van der Waals surface area contributed by atoms with Gasteiger partial charge in [-0.25, -0.2) is 4.79 Å². The van der Waals surface area contributed by atoms with E-state index in [2.05, 4.69) is 41.9 Å². The molecule has 1 spiro atoms. The first-order valence-electron chi connectivity index (χ1n) is 14.9. The molecule has 3 aromatic rings. The molecule has 2 saturated heterocycles. The van der Waals surface area contributed by atoms with Crippen LogP contribution >= 0.6 is 0 Å². The van der Waals surface area contributed by atoms with Crippen molar-refractivity contribution in [2.45, 2.75) is 71.2 Å². The van der Waals surface area contributed by atoms with Crippen molar-refractivity contribution in [2.24, 2.45) is 5.41 Å². The summed E-state index contributed by atoms with van der Waals surface area (Å²) in [7, 11) is 0. The van der Waals surface area contributed by atoms with Crippen LogP contribution in [0.2, 0.25) is 0 Å². The number of hydrogen-bond donors (Lipinski definition) is 2. The molecule has 0 saturated carbocycles. The Bertz CT molecular complexity index is 1550. The zero-order valence-electron chi connectivity index (χ0n) is 25.3. The van der Waals surface area contributed by atoms with Crippen molar-refractivity contribution in [3.05, 3.63) is 64.8 Å². The van der Waals surface area contributed by atoms with Crippen molar-refractivity contribution in [3.8, 4) is 5.75 Å². The number of para-hydroxylation sites is 2. The van der Waals surface area contributed by atoms with E-state index < -0.39 is 12.1 Å². The molecule has 44 heavy (non-hydrogen) atoms.